The van der Waals surface area contributed by atoms with Crippen LogP contribution in [0.25, 0.3) is 0 Å². The maximum atomic E-state index is 5.76. The molecule has 0 bridgehead atoms. The van der Waals surface area contributed by atoms with E-state index < -0.39 is 0 Å². The van der Waals surface area contributed by atoms with Gasteiger partial charge in [-0.1, -0.05) is 26.0 Å². The molecule has 0 spiro atoms. The number of hydrogen-bond acceptors (Lipinski definition) is 2. The maximum Gasteiger partial charge on any atom is 0.193 e. The summed E-state index contributed by atoms with van der Waals surface area (Å²) in [5.41, 5.74) is 8.00. The first kappa shape index (κ1) is 17.2. The molecule has 0 aliphatic rings. The van der Waals surface area contributed by atoms with Crippen LogP contribution in [0.1, 0.15) is 25.3 Å². The normalized spacial score (nSPS) is 11.2. The summed E-state index contributed by atoms with van der Waals surface area (Å²) in [4.78, 5) is 4.14. The van der Waals surface area contributed by atoms with Crippen LogP contribution in [0.3, 0.4) is 0 Å². The lowest BCUT2D eigenvalue weighted by atomic mass is 10.0. The highest BCUT2D eigenvalue weighted by atomic mass is 127. The lowest BCUT2D eigenvalue weighted by molar-refractivity contribution is 0.208. The Balaban J connectivity index is 0.00000289. The highest BCUT2D eigenvalue weighted by Gasteiger charge is 2.00. The van der Waals surface area contributed by atoms with Gasteiger partial charge in [-0.3, -0.25) is 4.99 Å². The van der Waals surface area contributed by atoms with Crippen molar-refractivity contribution in [2.24, 2.45) is 10.7 Å². The molecule has 0 saturated carbocycles. The predicted molar refractivity (Wildman–Crippen MR) is 87.9 cm³/mol. The van der Waals surface area contributed by atoms with E-state index in [2.05, 4.69) is 36.3 Å². The summed E-state index contributed by atoms with van der Waals surface area (Å²) in [6, 6.07) is 8.18. The molecule has 1 rings (SSSR count). The molecular formula is C13H22IN3O. The number of methoxy groups -OCH3 is 1. The third kappa shape index (κ3) is 6.20. The van der Waals surface area contributed by atoms with E-state index in [4.69, 9.17) is 10.5 Å². The number of guanidine groups is 1. The van der Waals surface area contributed by atoms with Crippen molar-refractivity contribution in [2.45, 2.75) is 19.8 Å². The second-order valence-electron chi connectivity index (χ2n) is 4.16. The van der Waals surface area contributed by atoms with Crippen LogP contribution in [-0.2, 0) is 4.74 Å². The standard InChI is InChI=1S/C13H21N3O.HI/c1-10(2)11-5-4-6-12(9-11)16-13(14)15-7-8-17-3;/h4-6,9-10H,7-8H2,1-3H3,(H3,14,15,16);1H. The first-order valence-electron chi connectivity index (χ1n) is 5.79. The van der Waals surface area contributed by atoms with E-state index in [1.54, 1.807) is 7.11 Å². The molecule has 102 valence electrons. The van der Waals surface area contributed by atoms with Crippen molar-refractivity contribution >= 4 is 35.6 Å². The van der Waals surface area contributed by atoms with Crippen molar-refractivity contribution in [2.75, 3.05) is 25.6 Å². The number of nitrogens with two attached hydrogens (primary N) is 1. The highest BCUT2D eigenvalue weighted by Crippen LogP contribution is 2.18. The predicted octanol–water partition coefficient (Wildman–Crippen LogP) is 2.80. The third-order valence-corrected chi connectivity index (χ3v) is 2.40. The second-order valence-corrected chi connectivity index (χ2v) is 4.16. The number of halogens is 1. The van der Waals surface area contributed by atoms with Crippen LogP contribution in [0.4, 0.5) is 5.69 Å². The Hall–Kier alpha value is -0.820. The van der Waals surface area contributed by atoms with Crippen molar-refractivity contribution in [1.29, 1.82) is 0 Å². The molecule has 5 heteroatoms. The number of nitrogens with one attached hydrogen (secondary N) is 1. The van der Waals surface area contributed by atoms with E-state index in [9.17, 15) is 0 Å². The average molecular weight is 363 g/mol. The zero-order chi connectivity index (χ0) is 12.7. The summed E-state index contributed by atoms with van der Waals surface area (Å²) in [5, 5.41) is 3.07. The smallest absolute Gasteiger partial charge is 0.193 e. The number of benzene rings is 1. The molecule has 1 aromatic carbocycles. The molecule has 0 aromatic heterocycles. The van der Waals surface area contributed by atoms with Gasteiger partial charge in [-0.05, 0) is 23.6 Å². The van der Waals surface area contributed by atoms with Gasteiger partial charge in [-0.2, -0.15) is 0 Å². The van der Waals surface area contributed by atoms with Gasteiger partial charge in [0.1, 0.15) is 0 Å². The van der Waals surface area contributed by atoms with Crippen LogP contribution in [-0.4, -0.2) is 26.2 Å². The molecular weight excluding hydrogens is 341 g/mol. The zero-order valence-corrected chi connectivity index (χ0v) is 13.5. The minimum absolute atomic E-state index is 0. The fourth-order valence-electron chi connectivity index (χ4n) is 1.42. The van der Waals surface area contributed by atoms with Gasteiger partial charge in [0.25, 0.3) is 0 Å². The van der Waals surface area contributed by atoms with E-state index in [0.29, 0.717) is 25.0 Å². The van der Waals surface area contributed by atoms with Crippen LogP contribution < -0.4 is 11.1 Å². The largest absolute Gasteiger partial charge is 0.383 e. The summed E-state index contributed by atoms with van der Waals surface area (Å²) in [5.74, 6) is 0.923. The summed E-state index contributed by atoms with van der Waals surface area (Å²) < 4.78 is 4.90. The molecule has 18 heavy (non-hydrogen) atoms. The quantitative estimate of drug-likeness (QED) is 0.366. The van der Waals surface area contributed by atoms with Crippen LogP contribution in [0.5, 0.6) is 0 Å². The number of anilines is 1. The van der Waals surface area contributed by atoms with Gasteiger partial charge < -0.3 is 15.8 Å². The topological polar surface area (TPSA) is 59.6 Å². The molecule has 0 unspecified atom stereocenters. The van der Waals surface area contributed by atoms with Gasteiger partial charge in [0.05, 0.1) is 13.2 Å². The van der Waals surface area contributed by atoms with Crippen LogP contribution >= 0.6 is 24.0 Å². The molecule has 4 nitrogen and oxygen atoms in total. The van der Waals surface area contributed by atoms with Gasteiger partial charge in [0.2, 0.25) is 0 Å². The highest BCUT2D eigenvalue weighted by molar-refractivity contribution is 14.0. The van der Waals surface area contributed by atoms with Gasteiger partial charge in [0.15, 0.2) is 5.96 Å². The SMILES string of the molecule is COCCN=C(N)Nc1cccc(C(C)C)c1.I. The second kappa shape index (κ2) is 9.16. The fraction of sp³-hybridized carbons (Fsp3) is 0.462. The number of aliphatic imine (C=N–C) groups is 1. The number of rotatable bonds is 5. The van der Waals surface area contributed by atoms with Gasteiger partial charge in [-0.15, -0.1) is 24.0 Å². The first-order chi connectivity index (χ1) is 8.13. The minimum atomic E-state index is 0. The molecule has 0 heterocycles. The number of ether oxygens (including phenoxy) is 1. The van der Waals surface area contributed by atoms with Gasteiger partial charge in [-0.25, -0.2) is 0 Å². The molecule has 0 atom stereocenters. The summed E-state index contributed by atoms with van der Waals surface area (Å²) in [7, 11) is 1.64. The maximum absolute atomic E-state index is 5.76. The Bertz CT molecular complexity index is 380. The molecule has 3 N–H and O–H groups in total. The van der Waals surface area contributed by atoms with E-state index in [0.717, 1.165) is 5.69 Å². The number of nitrogens with zero attached hydrogens (tertiary/aromatic N) is 1. The summed E-state index contributed by atoms with van der Waals surface area (Å²) in [6.07, 6.45) is 0. The Kier molecular flexibility index (Phi) is 8.74. The monoisotopic (exact) mass is 363 g/mol. The molecule has 0 amide bonds. The Labute approximate surface area is 126 Å². The lowest BCUT2D eigenvalue weighted by Gasteiger charge is -2.09. The Morgan fingerprint density at radius 1 is 1.44 bits per heavy atom. The third-order valence-electron chi connectivity index (χ3n) is 2.40. The minimum Gasteiger partial charge on any atom is -0.383 e. The Morgan fingerprint density at radius 3 is 2.78 bits per heavy atom. The fourth-order valence-corrected chi connectivity index (χ4v) is 1.42. The van der Waals surface area contributed by atoms with Crippen molar-refractivity contribution in [3.63, 3.8) is 0 Å². The van der Waals surface area contributed by atoms with Crippen molar-refractivity contribution in [3.05, 3.63) is 29.8 Å². The molecule has 0 fully saturated rings. The van der Waals surface area contributed by atoms with Crippen LogP contribution in [0, 0.1) is 0 Å². The summed E-state index contributed by atoms with van der Waals surface area (Å²) in [6.45, 7) is 5.47. The number of hydrogen-bond donors (Lipinski definition) is 2. The van der Waals surface area contributed by atoms with Crippen molar-refractivity contribution in [3.8, 4) is 0 Å². The van der Waals surface area contributed by atoms with Crippen LogP contribution in [0.2, 0.25) is 0 Å². The van der Waals surface area contributed by atoms with E-state index in [-0.39, 0.29) is 24.0 Å². The van der Waals surface area contributed by atoms with Gasteiger partial charge >= 0.3 is 0 Å². The van der Waals surface area contributed by atoms with E-state index in [1.165, 1.54) is 5.56 Å². The molecule has 0 radical (unpaired) electrons. The molecule has 0 aliphatic carbocycles. The first-order valence-corrected chi connectivity index (χ1v) is 5.79. The van der Waals surface area contributed by atoms with Crippen LogP contribution in [0.15, 0.2) is 29.3 Å². The van der Waals surface area contributed by atoms with E-state index in [1.807, 2.05) is 12.1 Å². The van der Waals surface area contributed by atoms with Crippen molar-refractivity contribution < 1.29 is 4.74 Å². The zero-order valence-electron chi connectivity index (χ0n) is 11.1. The summed E-state index contributed by atoms with van der Waals surface area (Å²) >= 11 is 0. The van der Waals surface area contributed by atoms with E-state index >= 15 is 0 Å². The molecule has 1 aromatic rings. The Morgan fingerprint density at radius 2 is 2.17 bits per heavy atom. The molecule has 0 saturated heterocycles. The lowest BCUT2D eigenvalue weighted by Crippen LogP contribution is -2.23. The van der Waals surface area contributed by atoms with Crippen molar-refractivity contribution in [1.82, 2.24) is 0 Å². The average Bonchev–Trinajstić information content (AvgIpc) is 2.29. The molecule has 0 aliphatic heterocycles. The van der Waals surface area contributed by atoms with Gasteiger partial charge in [0, 0.05) is 12.8 Å².